The van der Waals surface area contributed by atoms with E-state index in [1.165, 1.54) is 6.42 Å². The normalized spacial score (nSPS) is 14.9. The van der Waals surface area contributed by atoms with Crippen LogP contribution in [0.5, 0.6) is 11.5 Å². The van der Waals surface area contributed by atoms with E-state index in [9.17, 15) is 9.59 Å². The van der Waals surface area contributed by atoms with Crippen LogP contribution >= 0.6 is 11.6 Å². The van der Waals surface area contributed by atoms with Crippen LogP contribution in [0.2, 0.25) is 5.02 Å². The van der Waals surface area contributed by atoms with Crippen molar-refractivity contribution < 1.29 is 19.1 Å². The Labute approximate surface area is 201 Å². The van der Waals surface area contributed by atoms with Gasteiger partial charge >= 0.3 is 0 Å². The summed E-state index contributed by atoms with van der Waals surface area (Å²) in [4.78, 5) is 28.1. The molecule has 33 heavy (non-hydrogen) atoms. The maximum atomic E-state index is 13.3. The molecule has 0 heterocycles. The SMILES string of the molecule is CC[C@@H](C(=O)NC1CCCCC1)N(Cc1ccc(OC)cc1)C(=O)COc1ccccc1Cl. The Morgan fingerprint density at radius 1 is 1.09 bits per heavy atom. The Morgan fingerprint density at radius 2 is 1.79 bits per heavy atom. The summed E-state index contributed by atoms with van der Waals surface area (Å²) >= 11 is 6.17. The lowest BCUT2D eigenvalue weighted by molar-refractivity contribution is -0.143. The first-order valence-electron chi connectivity index (χ1n) is 11.6. The lowest BCUT2D eigenvalue weighted by Gasteiger charge is -2.32. The van der Waals surface area contributed by atoms with Gasteiger partial charge in [0.05, 0.1) is 12.1 Å². The van der Waals surface area contributed by atoms with Crippen LogP contribution < -0.4 is 14.8 Å². The third-order valence-electron chi connectivity index (χ3n) is 6.04. The largest absolute Gasteiger partial charge is 0.497 e. The van der Waals surface area contributed by atoms with Gasteiger partial charge in [0.2, 0.25) is 5.91 Å². The van der Waals surface area contributed by atoms with E-state index in [1.807, 2.05) is 31.2 Å². The predicted octanol–water partition coefficient (Wildman–Crippen LogP) is 4.98. The molecule has 1 saturated carbocycles. The average Bonchev–Trinajstić information content (AvgIpc) is 2.84. The van der Waals surface area contributed by atoms with Gasteiger partial charge in [0.25, 0.3) is 5.91 Å². The smallest absolute Gasteiger partial charge is 0.261 e. The maximum Gasteiger partial charge on any atom is 0.261 e. The summed E-state index contributed by atoms with van der Waals surface area (Å²) in [7, 11) is 1.61. The molecule has 0 unspecified atom stereocenters. The standard InChI is InChI=1S/C26H33ClN2O4/c1-3-23(26(31)28-20-9-5-4-6-10-20)29(17-19-13-15-21(32-2)16-14-19)25(30)18-33-24-12-8-7-11-22(24)27/h7-8,11-16,20,23H,3-6,9-10,17-18H2,1-2H3,(H,28,31)/t23-/m0/s1. The topological polar surface area (TPSA) is 67.9 Å². The third kappa shape index (κ3) is 7.13. The molecule has 7 heteroatoms. The molecule has 0 aliphatic heterocycles. The molecule has 2 amide bonds. The Morgan fingerprint density at radius 3 is 2.42 bits per heavy atom. The predicted molar refractivity (Wildman–Crippen MR) is 130 cm³/mol. The van der Waals surface area contributed by atoms with Crippen LogP contribution in [0.25, 0.3) is 0 Å². The molecule has 3 rings (SSSR count). The van der Waals surface area contributed by atoms with Crippen molar-refractivity contribution in [2.75, 3.05) is 13.7 Å². The number of amides is 2. The second kappa shape index (κ2) is 12.5. The van der Waals surface area contributed by atoms with Gasteiger partial charge in [0.1, 0.15) is 17.5 Å². The first-order chi connectivity index (χ1) is 16.0. The first kappa shape index (κ1) is 24.9. The van der Waals surface area contributed by atoms with E-state index in [4.69, 9.17) is 21.1 Å². The number of hydrogen-bond acceptors (Lipinski definition) is 4. The van der Waals surface area contributed by atoms with Gasteiger partial charge in [-0.3, -0.25) is 9.59 Å². The van der Waals surface area contributed by atoms with Crippen molar-refractivity contribution in [2.24, 2.45) is 0 Å². The van der Waals surface area contributed by atoms with Gasteiger partial charge in [-0.15, -0.1) is 0 Å². The fourth-order valence-corrected chi connectivity index (χ4v) is 4.37. The summed E-state index contributed by atoms with van der Waals surface area (Å²) in [5.74, 6) is 0.803. The minimum Gasteiger partial charge on any atom is -0.497 e. The van der Waals surface area contributed by atoms with Gasteiger partial charge in [0.15, 0.2) is 6.61 Å². The van der Waals surface area contributed by atoms with Crippen molar-refractivity contribution in [1.29, 1.82) is 0 Å². The first-order valence-corrected chi connectivity index (χ1v) is 12.0. The van der Waals surface area contributed by atoms with Crippen LogP contribution in [-0.2, 0) is 16.1 Å². The van der Waals surface area contributed by atoms with Crippen LogP contribution in [-0.4, -0.2) is 42.5 Å². The van der Waals surface area contributed by atoms with Gasteiger partial charge in [0, 0.05) is 12.6 Å². The fourth-order valence-electron chi connectivity index (χ4n) is 4.18. The highest BCUT2D eigenvalue weighted by Gasteiger charge is 2.30. The highest BCUT2D eigenvalue weighted by molar-refractivity contribution is 6.32. The van der Waals surface area contributed by atoms with E-state index in [2.05, 4.69) is 5.32 Å². The van der Waals surface area contributed by atoms with E-state index < -0.39 is 6.04 Å². The molecule has 0 bridgehead atoms. The molecule has 1 fully saturated rings. The summed E-state index contributed by atoms with van der Waals surface area (Å²) in [5.41, 5.74) is 0.908. The van der Waals surface area contributed by atoms with Crippen molar-refractivity contribution in [3.8, 4) is 11.5 Å². The number of carbonyl (C=O) groups is 2. The van der Waals surface area contributed by atoms with Gasteiger partial charge < -0.3 is 19.7 Å². The number of nitrogens with zero attached hydrogens (tertiary/aromatic N) is 1. The molecule has 0 radical (unpaired) electrons. The summed E-state index contributed by atoms with van der Waals surface area (Å²) in [6, 6.07) is 14.1. The minimum absolute atomic E-state index is 0.107. The number of carbonyl (C=O) groups excluding carboxylic acids is 2. The highest BCUT2D eigenvalue weighted by atomic mass is 35.5. The van der Waals surface area contributed by atoms with E-state index in [0.29, 0.717) is 23.7 Å². The van der Waals surface area contributed by atoms with Crippen molar-refractivity contribution >= 4 is 23.4 Å². The summed E-state index contributed by atoms with van der Waals surface area (Å²) in [5, 5.41) is 3.62. The summed E-state index contributed by atoms with van der Waals surface area (Å²) in [6.07, 6.45) is 5.95. The lowest BCUT2D eigenvalue weighted by atomic mass is 9.95. The van der Waals surface area contributed by atoms with Crippen molar-refractivity contribution in [1.82, 2.24) is 10.2 Å². The van der Waals surface area contributed by atoms with Crippen LogP contribution in [0.15, 0.2) is 48.5 Å². The Balaban J connectivity index is 1.76. The molecule has 178 valence electrons. The zero-order valence-corrected chi connectivity index (χ0v) is 20.1. The Bertz CT molecular complexity index is 913. The van der Waals surface area contributed by atoms with E-state index in [0.717, 1.165) is 37.0 Å². The lowest BCUT2D eigenvalue weighted by Crippen LogP contribution is -2.52. The summed E-state index contributed by atoms with van der Waals surface area (Å²) in [6.45, 7) is 2.02. The number of ether oxygens (including phenoxy) is 2. The second-order valence-corrected chi connectivity index (χ2v) is 8.76. The molecule has 2 aromatic rings. The fraction of sp³-hybridized carbons (Fsp3) is 0.462. The van der Waals surface area contributed by atoms with Gasteiger partial charge in [-0.05, 0) is 49.1 Å². The molecular weight excluding hydrogens is 440 g/mol. The average molecular weight is 473 g/mol. The van der Waals surface area contributed by atoms with Crippen LogP contribution in [0.4, 0.5) is 0 Å². The molecule has 0 aromatic heterocycles. The molecule has 0 saturated heterocycles. The number of hydrogen-bond donors (Lipinski definition) is 1. The van der Waals surface area contributed by atoms with Crippen molar-refractivity contribution in [2.45, 2.75) is 64.1 Å². The number of nitrogens with one attached hydrogen (secondary N) is 1. The quantitative estimate of drug-likeness (QED) is 0.529. The molecule has 1 N–H and O–H groups in total. The van der Waals surface area contributed by atoms with Gasteiger partial charge in [-0.1, -0.05) is 62.1 Å². The Hall–Kier alpha value is -2.73. The maximum absolute atomic E-state index is 13.3. The third-order valence-corrected chi connectivity index (χ3v) is 6.35. The monoisotopic (exact) mass is 472 g/mol. The molecule has 1 atom stereocenters. The Kier molecular flexibility index (Phi) is 9.43. The molecular formula is C26H33ClN2O4. The van der Waals surface area contributed by atoms with E-state index >= 15 is 0 Å². The molecule has 0 spiro atoms. The van der Waals surface area contributed by atoms with E-state index in [-0.39, 0.29) is 24.5 Å². The van der Waals surface area contributed by atoms with Crippen LogP contribution in [0.3, 0.4) is 0 Å². The molecule has 6 nitrogen and oxygen atoms in total. The van der Waals surface area contributed by atoms with E-state index in [1.54, 1.807) is 36.3 Å². The number of rotatable bonds is 10. The number of halogens is 1. The zero-order chi connectivity index (χ0) is 23.6. The number of benzene rings is 2. The number of para-hydroxylation sites is 1. The van der Waals surface area contributed by atoms with Crippen molar-refractivity contribution in [3.63, 3.8) is 0 Å². The van der Waals surface area contributed by atoms with Crippen molar-refractivity contribution in [3.05, 3.63) is 59.1 Å². The van der Waals surface area contributed by atoms with Gasteiger partial charge in [-0.25, -0.2) is 0 Å². The zero-order valence-electron chi connectivity index (χ0n) is 19.4. The van der Waals surface area contributed by atoms with Crippen LogP contribution in [0.1, 0.15) is 51.0 Å². The molecule has 2 aromatic carbocycles. The molecule has 1 aliphatic rings. The number of methoxy groups -OCH3 is 1. The molecule has 1 aliphatic carbocycles. The van der Waals surface area contributed by atoms with Gasteiger partial charge in [-0.2, -0.15) is 0 Å². The summed E-state index contributed by atoms with van der Waals surface area (Å²) < 4.78 is 10.9. The highest BCUT2D eigenvalue weighted by Crippen LogP contribution is 2.24. The minimum atomic E-state index is -0.587. The van der Waals surface area contributed by atoms with Crippen LogP contribution in [0, 0.1) is 0 Å². The second-order valence-electron chi connectivity index (χ2n) is 8.36.